The fourth-order valence-electron chi connectivity index (χ4n) is 1.64. The second-order valence-electron chi connectivity index (χ2n) is 3.68. The van der Waals surface area contributed by atoms with E-state index in [0.29, 0.717) is 19.8 Å². The van der Waals surface area contributed by atoms with Gasteiger partial charge in [-0.25, -0.2) is 0 Å². The maximum atomic E-state index is 11.9. The monoisotopic (exact) mass is 253 g/mol. The molecule has 0 aliphatic rings. The van der Waals surface area contributed by atoms with Crippen LogP contribution in [0.1, 0.15) is 6.42 Å². The Morgan fingerprint density at radius 3 is 2.88 bits per heavy atom. The van der Waals surface area contributed by atoms with Crippen molar-refractivity contribution >= 4 is 21.6 Å². The molecule has 2 rings (SSSR count). The summed E-state index contributed by atoms with van der Waals surface area (Å²) >= 11 is 1.49. The fourth-order valence-corrected chi connectivity index (χ4v) is 2.67. The molecule has 17 heavy (non-hydrogen) atoms. The summed E-state index contributed by atoms with van der Waals surface area (Å²) in [7, 11) is 0. The zero-order valence-electron chi connectivity index (χ0n) is 9.46. The standard InChI is InChI=1S/C12H15NO3S/c14-7-9-16-8-3-6-13-12(15)10-4-1-2-5-11(10)17-13/h1-2,4-5,14H,3,6-9H2. The van der Waals surface area contributed by atoms with E-state index in [0.717, 1.165) is 16.5 Å². The highest BCUT2D eigenvalue weighted by molar-refractivity contribution is 7.13. The van der Waals surface area contributed by atoms with Crippen LogP contribution in [0.5, 0.6) is 0 Å². The average Bonchev–Trinajstić information content (AvgIpc) is 2.67. The number of aliphatic hydroxyl groups is 1. The predicted molar refractivity (Wildman–Crippen MR) is 68.6 cm³/mol. The Labute approximate surface area is 103 Å². The Morgan fingerprint density at radius 2 is 2.12 bits per heavy atom. The summed E-state index contributed by atoms with van der Waals surface area (Å²) in [6.07, 6.45) is 0.784. The second kappa shape index (κ2) is 5.95. The van der Waals surface area contributed by atoms with Gasteiger partial charge in [0, 0.05) is 13.2 Å². The van der Waals surface area contributed by atoms with Crippen LogP contribution in [-0.4, -0.2) is 28.9 Å². The largest absolute Gasteiger partial charge is 0.394 e. The number of nitrogens with zero attached hydrogens (tertiary/aromatic N) is 1. The van der Waals surface area contributed by atoms with E-state index in [1.165, 1.54) is 11.5 Å². The minimum Gasteiger partial charge on any atom is -0.394 e. The van der Waals surface area contributed by atoms with Gasteiger partial charge in [-0.1, -0.05) is 23.7 Å². The third-order valence-corrected chi connectivity index (χ3v) is 3.56. The Morgan fingerprint density at radius 1 is 1.29 bits per heavy atom. The number of rotatable bonds is 6. The summed E-state index contributed by atoms with van der Waals surface area (Å²) in [5.41, 5.74) is 0.0766. The molecule has 1 N–H and O–H groups in total. The molecule has 92 valence electrons. The van der Waals surface area contributed by atoms with Gasteiger partial charge >= 0.3 is 0 Å². The predicted octanol–water partition coefficient (Wildman–Crippen LogP) is 1.46. The highest BCUT2D eigenvalue weighted by Gasteiger charge is 2.05. The summed E-state index contributed by atoms with van der Waals surface area (Å²) in [5, 5.41) is 9.33. The minimum absolute atomic E-state index is 0.0445. The number of aryl methyl sites for hydroxylation is 1. The maximum Gasteiger partial charge on any atom is 0.268 e. The van der Waals surface area contributed by atoms with Crippen LogP contribution in [0.25, 0.3) is 10.1 Å². The molecule has 2 aromatic rings. The van der Waals surface area contributed by atoms with Gasteiger partial charge < -0.3 is 9.84 Å². The van der Waals surface area contributed by atoms with Crippen LogP contribution in [-0.2, 0) is 11.3 Å². The van der Waals surface area contributed by atoms with Crippen molar-refractivity contribution < 1.29 is 9.84 Å². The molecule has 0 radical (unpaired) electrons. The molecule has 0 bridgehead atoms. The van der Waals surface area contributed by atoms with Gasteiger partial charge in [-0.15, -0.1) is 0 Å². The van der Waals surface area contributed by atoms with Crippen LogP contribution in [0.15, 0.2) is 29.1 Å². The number of ether oxygens (including phenoxy) is 1. The Bertz CT molecular complexity index is 532. The van der Waals surface area contributed by atoms with Crippen LogP contribution in [0, 0.1) is 0 Å². The number of aromatic nitrogens is 1. The van der Waals surface area contributed by atoms with Crippen molar-refractivity contribution in [3.8, 4) is 0 Å². The molecule has 0 unspecified atom stereocenters. The van der Waals surface area contributed by atoms with E-state index in [-0.39, 0.29) is 12.2 Å². The maximum absolute atomic E-state index is 11.9. The highest BCUT2D eigenvalue weighted by atomic mass is 32.1. The van der Waals surface area contributed by atoms with Crippen molar-refractivity contribution in [2.45, 2.75) is 13.0 Å². The van der Waals surface area contributed by atoms with E-state index in [4.69, 9.17) is 9.84 Å². The molecule has 0 spiro atoms. The van der Waals surface area contributed by atoms with Gasteiger partial charge in [0.2, 0.25) is 0 Å². The van der Waals surface area contributed by atoms with E-state index >= 15 is 0 Å². The van der Waals surface area contributed by atoms with Crippen LogP contribution < -0.4 is 5.56 Å². The zero-order valence-corrected chi connectivity index (χ0v) is 10.3. The lowest BCUT2D eigenvalue weighted by Crippen LogP contribution is -2.14. The molecule has 0 amide bonds. The highest BCUT2D eigenvalue weighted by Crippen LogP contribution is 2.15. The summed E-state index contributed by atoms with van der Waals surface area (Å²) in [6.45, 7) is 1.65. The Kier molecular flexibility index (Phi) is 4.30. The molecule has 1 heterocycles. The first kappa shape index (κ1) is 12.3. The van der Waals surface area contributed by atoms with Gasteiger partial charge in [0.05, 0.1) is 23.3 Å². The molecule has 1 aromatic heterocycles. The van der Waals surface area contributed by atoms with Crippen molar-refractivity contribution in [2.75, 3.05) is 19.8 Å². The first-order chi connectivity index (χ1) is 8.33. The van der Waals surface area contributed by atoms with E-state index in [9.17, 15) is 4.79 Å². The van der Waals surface area contributed by atoms with Crippen LogP contribution in [0.3, 0.4) is 0 Å². The second-order valence-corrected chi connectivity index (χ2v) is 4.75. The number of benzene rings is 1. The third-order valence-electron chi connectivity index (χ3n) is 2.44. The van der Waals surface area contributed by atoms with E-state index in [2.05, 4.69) is 0 Å². The molecular formula is C12H15NO3S. The number of fused-ring (bicyclic) bond motifs is 1. The lowest BCUT2D eigenvalue weighted by atomic mass is 10.3. The Balaban J connectivity index is 1.99. The first-order valence-electron chi connectivity index (χ1n) is 5.60. The quantitative estimate of drug-likeness (QED) is 0.793. The first-order valence-corrected chi connectivity index (χ1v) is 6.37. The van der Waals surface area contributed by atoms with Gasteiger partial charge in [-0.05, 0) is 18.6 Å². The topological polar surface area (TPSA) is 51.5 Å². The number of hydrogen-bond donors (Lipinski definition) is 1. The normalized spacial score (nSPS) is 11.1. The van der Waals surface area contributed by atoms with Crippen molar-refractivity contribution in [3.63, 3.8) is 0 Å². The molecule has 5 heteroatoms. The molecule has 4 nitrogen and oxygen atoms in total. The SMILES string of the molecule is O=c1c2ccccc2sn1CCCOCCO. The molecular weight excluding hydrogens is 238 g/mol. The summed E-state index contributed by atoms with van der Waals surface area (Å²) < 4.78 is 7.94. The van der Waals surface area contributed by atoms with Crippen LogP contribution >= 0.6 is 11.5 Å². The molecule has 0 aliphatic heterocycles. The van der Waals surface area contributed by atoms with Gasteiger partial charge in [-0.2, -0.15) is 0 Å². The van der Waals surface area contributed by atoms with Gasteiger partial charge in [0.25, 0.3) is 5.56 Å². The summed E-state index contributed by atoms with van der Waals surface area (Å²) in [6, 6.07) is 7.63. The zero-order chi connectivity index (χ0) is 12.1. The Hall–Kier alpha value is -1.17. The van der Waals surface area contributed by atoms with Crippen molar-refractivity contribution in [1.29, 1.82) is 0 Å². The van der Waals surface area contributed by atoms with Crippen molar-refractivity contribution in [2.24, 2.45) is 0 Å². The molecule has 0 atom stereocenters. The minimum atomic E-state index is 0.0445. The van der Waals surface area contributed by atoms with Crippen LogP contribution in [0.4, 0.5) is 0 Å². The lowest BCUT2D eigenvalue weighted by Gasteiger charge is -2.01. The van der Waals surface area contributed by atoms with Gasteiger partial charge in [0.1, 0.15) is 0 Å². The lowest BCUT2D eigenvalue weighted by molar-refractivity contribution is 0.0891. The van der Waals surface area contributed by atoms with E-state index < -0.39 is 0 Å². The molecule has 0 fully saturated rings. The van der Waals surface area contributed by atoms with Gasteiger partial charge in [-0.3, -0.25) is 8.75 Å². The third kappa shape index (κ3) is 2.94. The van der Waals surface area contributed by atoms with E-state index in [1.807, 2.05) is 24.3 Å². The van der Waals surface area contributed by atoms with Gasteiger partial charge in [0.15, 0.2) is 0 Å². The molecule has 0 saturated heterocycles. The number of hydrogen-bond acceptors (Lipinski definition) is 4. The van der Waals surface area contributed by atoms with Crippen molar-refractivity contribution in [3.05, 3.63) is 34.6 Å². The van der Waals surface area contributed by atoms with Crippen LogP contribution in [0.2, 0.25) is 0 Å². The van der Waals surface area contributed by atoms with E-state index in [1.54, 1.807) is 3.96 Å². The summed E-state index contributed by atoms with van der Waals surface area (Å²) in [5.74, 6) is 0. The van der Waals surface area contributed by atoms with Crippen molar-refractivity contribution in [1.82, 2.24) is 3.96 Å². The number of aliphatic hydroxyl groups excluding tert-OH is 1. The smallest absolute Gasteiger partial charge is 0.268 e. The molecule has 0 saturated carbocycles. The molecule has 0 aliphatic carbocycles. The average molecular weight is 253 g/mol. The summed E-state index contributed by atoms with van der Waals surface area (Å²) in [4.78, 5) is 11.9. The fraction of sp³-hybridized carbons (Fsp3) is 0.417. The molecule has 1 aromatic carbocycles.